The lowest BCUT2D eigenvalue weighted by Crippen LogP contribution is -2.46. The molecule has 1 aliphatic heterocycles. The summed E-state index contributed by atoms with van der Waals surface area (Å²) in [6.45, 7) is 4.54. The highest BCUT2D eigenvalue weighted by Gasteiger charge is 2.20. The van der Waals surface area contributed by atoms with E-state index >= 15 is 0 Å². The molecule has 0 aromatic heterocycles. The van der Waals surface area contributed by atoms with Crippen LogP contribution in [-0.2, 0) is 4.79 Å². The standard InChI is InChI=1S/C16H19ClN4O2/c1-11-7-14(15(23-2)8-13(11)17)20-10-12(9-18)16(22)21-5-3-19-4-6-21/h7-8,10,19-20H,3-6H2,1-2H3/b12-10-. The summed E-state index contributed by atoms with van der Waals surface area (Å²) in [5.41, 5.74) is 1.58. The number of nitrogens with zero attached hydrogens (tertiary/aromatic N) is 2. The van der Waals surface area contributed by atoms with Gasteiger partial charge in [-0.25, -0.2) is 0 Å². The fourth-order valence-corrected chi connectivity index (χ4v) is 2.43. The second-order valence-corrected chi connectivity index (χ2v) is 5.57. The Morgan fingerprint density at radius 2 is 2.17 bits per heavy atom. The molecule has 1 amide bonds. The maximum atomic E-state index is 12.3. The van der Waals surface area contributed by atoms with Gasteiger partial charge < -0.3 is 20.3 Å². The number of amides is 1. The van der Waals surface area contributed by atoms with Crippen LogP contribution in [0.5, 0.6) is 5.75 Å². The molecule has 1 fully saturated rings. The number of hydrogen-bond acceptors (Lipinski definition) is 5. The highest BCUT2D eigenvalue weighted by Crippen LogP contribution is 2.31. The van der Waals surface area contributed by atoms with E-state index in [1.54, 1.807) is 11.0 Å². The van der Waals surface area contributed by atoms with Gasteiger partial charge >= 0.3 is 0 Å². The first-order chi connectivity index (χ1) is 11.1. The van der Waals surface area contributed by atoms with E-state index in [-0.39, 0.29) is 11.5 Å². The fraction of sp³-hybridized carbons (Fsp3) is 0.375. The number of anilines is 1. The van der Waals surface area contributed by atoms with Gasteiger partial charge in [-0.15, -0.1) is 0 Å². The maximum absolute atomic E-state index is 12.3. The van der Waals surface area contributed by atoms with Crippen LogP contribution in [0.3, 0.4) is 0 Å². The Labute approximate surface area is 140 Å². The molecular weight excluding hydrogens is 316 g/mol. The molecule has 0 atom stereocenters. The lowest BCUT2D eigenvalue weighted by atomic mass is 10.2. The molecule has 122 valence electrons. The lowest BCUT2D eigenvalue weighted by Gasteiger charge is -2.27. The van der Waals surface area contributed by atoms with E-state index in [1.807, 2.05) is 19.1 Å². The van der Waals surface area contributed by atoms with Crippen LogP contribution >= 0.6 is 11.6 Å². The molecule has 2 N–H and O–H groups in total. The molecule has 0 radical (unpaired) electrons. The Morgan fingerprint density at radius 1 is 1.48 bits per heavy atom. The first-order valence-corrected chi connectivity index (χ1v) is 7.65. The number of methoxy groups -OCH3 is 1. The van der Waals surface area contributed by atoms with Crippen molar-refractivity contribution in [2.75, 3.05) is 38.6 Å². The third-order valence-corrected chi connectivity index (χ3v) is 4.02. The van der Waals surface area contributed by atoms with Crippen LogP contribution in [0.4, 0.5) is 5.69 Å². The van der Waals surface area contributed by atoms with Crippen molar-refractivity contribution < 1.29 is 9.53 Å². The summed E-state index contributed by atoms with van der Waals surface area (Å²) >= 11 is 6.06. The molecule has 1 aromatic carbocycles. The number of nitrogens with one attached hydrogen (secondary N) is 2. The Morgan fingerprint density at radius 3 is 2.78 bits per heavy atom. The summed E-state index contributed by atoms with van der Waals surface area (Å²) in [7, 11) is 1.53. The molecule has 0 spiro atoms. The zero-order valence-corrected chi connectivity index (χ0v) is 13.9. The number of halogens is 1. The highest BCUT2D eigenvalue weighted by molar-refractivity contribution is 6.31. The molecule has 1 aliphatic rings. The predicted octanol–water partition coefficient (Wildman–Crippen LogP) is 1.91. The molecule has 0 unspecified atom stereocenters. The minimum Gasteiger partial charge on any atom is -0.495 e. The first kappa shape index (κ1) is 17.1. The molecule has 0 saturated carbocycles. The van der Waals surface area contributed by atoms with Crippen LogP contribution in [0.25, 0.3) is 0 Å². The normalized spacial score (nSPS) is 15.0. The van der Waals surface area contributed by atoms with Gasteiger partial charge in [-0.1, -0.05) is 11.6 Å². The van der Waals surface area contributed by atoms with Gasteiger partial charge in [0.2, 0.25) is 0 Å². The molecule has 23 heavy (non-hydrogen) atoms. The number of nitriles is 1. The Kier molecular flexibility index (Phi) is 5.85. The average molecular weight is 335 g/mol. The zero-order valence-electron chi connectivity index (χ0n) is 13.1. The average Bonchev–Trinajstić information content (AvgIpc) is 2.58. The monoisotopic (exact) mass is 334 g/mol. The van der Waals surface area contributed by atoms with Crippen molar-refractivity contribution in [3.63, 3.8) is 0 Å². The number of aryl methyl sites for hydroxylation is 1. The topological polar surface area (TPSA) is 77.4 Å². The number of hydrogen-bond donors (Lipinski definition) is 2. The van der Waals surface area contributed by atoms with Crippen molar-refractivity contribution in [3.05, 3.63) is 34.5 Å². The van der Waals surface area contributed by atoms with E-state index < -0.39 is 0 Å². The van der Waals surface area contributed by atoms with E-state index in [9.17, 15) is 10.1 Å². The number of carbonyl (C=O) groups is 1. The number of piperazine rings is 1. The maximum Gasteiger partial charge on any atom is 0.266 e. The van der Waals surface area contributed by atoms with Gasteiger partial charge in [-0.2, -0.15) is 5.26 Å². The first-order valence-electron chi connectivity index (χ1n) is 7.27. The third-order valence-electron chi connectivity index (χ3n) is 3.61. The Balaban J connectivity index is 2.18. The van der Waals surface area contributed by atoms with Crippen molar-refractivity contribution in [3.8, 4) is 11.8 Å². The smallest absolute Gasteiger partial charge is 0.266 e. The van der Waals surface area contributed by atoms with Gasteiger partial charge in [-0.3, -0.25) is 4.79 Å². The fourth-order valence-electron chi connectivity index (χ4n) is 2.27. The second kappa shape index (κ2) is 7.86. The molecule has 2 rings (SSSR count). The van der Waals surface area contributed by atoms with Crippen LogP contribution in [0.15, 0.2) is 23.9 Å². The van der Waals surface area contributed by atoms with Crippen LogP contribution in [-0.4, -0.2) is 44.1 Å². The number of carbonyl (C=O) groups excluding carboxylic acids is 1. The van der Waals surface area contributed by atoms with Crippen LogP contribution in [0.1, 0.15) is 5.56 Å². The zero-order chi connectivity index (χ0) is 16.8. The molecular formula is C16H19ClN4O2. The second-order valence-electron chi connectivity index (χ2n) is 5.16. The summed E-state index contributed by atoms with van der Waals surface area (Å²) in [5.74, 6) is 0.273. The van der Waals surface area contributed by atoms with E-state index in [4.69, 9.17) is 16.3 Å². The predicted molar refractivity (Wildman–Crippen MR) is 89.5 cm³/mol. The van der Waals surface area contributed by atoms with Gasteiger partial charge in [0, 0.05) is 43.5 Å². The quantitative estimate of drug-likeness (QED) is 0.649. The van der Waals surface area contributed by atoms with Gasteiger partial charge in [-0.05, 0) is 18.6 Å². The van der Waals surface area contributed by atoms with Gasteiger partial charge in [0.05, 0.1) is 12.8 Å². The lowest BCUT2D eigenvalue weighted by molar-refractivity contribution is -0.127. The van der Waals surface area contributed by atoms with Crippen LogP contribution < -0.4 is 15.4 Å². The van der Waals surface area contributed by atoms with Crippen molar-refractivity contribution in [1.29, 1.82) is 5.26 Å². The minimum atomic E-state index is -0.272. The summed E-state index contributed by atoms with van der Waals surface area (Å²) in [6.07, 6.45) is 1.41. The van der Waals surface area contributed by atoms with E-state index in [2.05, 4.69) is 10.6 Å². The summed E-state index contributed by atoms with van der Waals surface area (Å²) in [5, 5.41) is 16.0. The van der Waals surface area contributed by atoms with Gasteiger partial charge in [0.15, 0.2) is 0 Å². The summed E-state index contributed by atoms with van der Waals surface area (Å²) in [6, 6.07) is 5.45. The summed E-state index contributed by atoms with van der Waals surface area (Å²) < 4.78 is 5.26. The number of benzene rings is 1. The van der Waals surface area contributed by atoms with Gasteiger partial charge in [0.25, 0.3) is 5.91 Å². The number of ether oxygens (including phenoxy) is 1. The minimum absolute atomic E-state index is 0.0570. The number of rotatable bonds is 4. The van der Waals surface area contributed by atoms with E-state index in [0.29, 0.717) is 29.5 Å². The molecule has 1 aromatic rings. The molecule has 1 heterocycles. The Bertz CT molecular complexity index is 661. The van der Waals surface area contributed by atoms with Crippen molar-refractivity contribution >= 4 is 23.2 Å². The van der Waals surface area contributed by atoms with Crippen LogP contribution in [0.2, 0.25) is 5.02 Å². The third kappa shape index (κ3) is 4.15. The van der Waals surface area contributed by atoms with Crippen molar-refractivity contribution in [2.24, 2.45) is 0 Å². The van der Waals surface area contributed by atoms with E-state index in [0.717, 1.165) is 18.7 Å². The van der Waals surface area contributed by atoms with Crippen molar-refractivity contribution in [1.82, 2.24) is 10.2 Å². The molecule has 7 heteroatoms. The van der Waals surface area contributed by atoms with E-state index in [1.165, 1.54) is 13.3 Å². The molecule has 0 bridgehead atoms. The Hall–Kier alpha value is -2.23. The highest BCUT2D eigenvalue weighted by atomic mass is 35.5. The van der Waals surface area contributed by atoms with Crippen molar-refractivity contribution in [2.45, 2.75) is 6.92 Å². The molecule has 6 nitrogen and oxygen atoms in total. The SMILES string of the molecule is COc1cc(Cl)c(C)cc1N/C=C(/C#N)C(=O)N1CCNCC1. The summed E-state index contributed by atoms with van der Waals surface area (Å²) in [4.78, 5) is 14.0. The molecule has 0 aliphatic carbocycles. The molecule has 1 saturated heterocycles. The largest absolute Gasteiger partial charge is 0.495 e. The van der Waals surface area contributed by atoms with Gasteiger partial charge in [0.1, 0.15) is 17.4 Å². The van der Waals surface area contributed by atoms with Crippen LogP contribution in [0, 0.1) is 18.3 Å².